The molecule has 0 aliphatic heterocycles. The Labute approximate surface area is 206 Å². The Morgan fingerprint density at radius 1 is 1.15 bits per heavy atom. The second-order valence-corrected chi connectivity index (χ2v) is 9.88. The molecule has 0 atom stereocenters. The second kappa shape index (κ2) is 9.85. The number of alkyl halides is 1. The number of halogens is 2. The molecule has 0 saturated carbocycles. The van der Waals surface area contributed by atoms with Gasteiger partial charge in [0, 0.05) is 23.3 Å². The van der Waals surface area contributed by atoms with Crippen LogP contribution in [0.3, 0.4) is 0 Å². The molecule has 0 aliphatic carbocycles. The first-order valence-corrected chi connectivity index (χ1v) is 12.7. The lowest BCUT2D eigenvalue weighted by Gasteiger charge is -2.11. The van der Waals surface area contributed by atoms with Crippen molar-refractivity contribution in [2.24, 2.45) is 0 Å². The van der Waals surface area contributed by atoms with E-state index < -0.39 is 10.0 Å². The number of hydrogen-bond donors (Lipinski definition) is 1. The third kappa shape index (κ3) is 5.39. The Hall–Kier alpha value is -3.39. The summed E-state index contributed by atoms with van der Waals surface area (Å²) in [5.74, 6) is 0.599. The highest BCUT2D eigenvalue weighted by molar-refractivity contribution is 7.91. The van der Waals surface area contributed by atoms with Crippen LogP contribution in [0.1, 0.15) is 11.1 Å². The number of sulfonamides is 1. The van der Waals surface area contributed by atoms with Gasteiger partial charge in [0.15, 0.2) is 5.75 Å². The molecule has 0 bridgehead atoms. The van der Waals surface area contributed by atoms with Crippen molar-refractivity contribution >= 4 is 50.1 Å². The van der Waals surface area contributed by atoms with Gasteiger partial charge in [-0.25, -0.2) is 18.4 Å². The molecule has 34 heavy (non-hydrogen) atoms. The molecule has 1 N–H and O–H groups in total. The van der Waals surface area contributed by atoms with E-state index in [1.165, 1.54) is 12.4 Å². The Morgan fingerprint density at radius 2 is 1.91 bits per heavy atom. The molecule has 0 unspecified atom stereocenters. The predicted molar refractivity (Wildman–Crippen MR) is 131 cm³/mol. The number of ether oxygens (including phenoxy) is 1. The van der Waals surface area contributed by atoms with Gasteiger partial charge in [-0.05, 0) is 29.3 Å². The number of benzene rings is 2. The molecule has 4 rings (SSSR count). The summed E-state index contributed by atoms with van der Waals surface area (Å²) in [5, 5.41) is 15.3. The van der Waals surface area contributed by atoms with Gasteiger partial charge in [0.05, 0.1) is 41.0 Å². The number of aromatic nitrogens is 4. The smallest absolute Gasteiger partial charge is 0.236 e. The second-order valence-electron chi connectivity index (χ2n) is 7.35. The predicted octanol–water partition coefficient (Wildman–Crippen LogP) is 4.06. The van der Waals surface area contributed by atoms with Gasteiger partial charge in [-0.1, -0.05) is 23.7 Å². The number of fused-ring (bicyclic) bond motifs is 1. The number of anilines is 1. The van der Waals surface area contributed by atoms with Crippen molar-refractivity contribution in [2.75, 3.05) is 23.5 Å². The minimum Gasteiger partial charge on any atom is -0.489 e. The number of nitrogens with zero attached hydrogens (tertiary/aromatic N) is 5. The van der Waals surface area contributed by atoms with E-state index in [1.807, 2.05) is 18.2 Å². The lowest BCUT2D eigenvalue weighted by atomic mass is 10.0. The number of nitriles is 1. The summed E-state index contributed by atoms with van der Waals surface area (Å²) in [6.07, 6.45) is 5.86. The zero-order valence-corrected chi connectivity index (χ0v) is 20.2. The van der Waals surface area contributed by atoms with Gasteiger partial charge in [-0.3, -0.25) is 9.40 Å². The fourth-order valence-corrected chi connectivity index (χ4v) is 4.12. The molecule has 12 heteroatoms. The lowest BCUT2D eigenvalue weighted by molar-refractivity contribution is 0.342. The summed E-state index contributed by atoms with van der Waals surface area (Å²) in [5.41, 5.74) is 3.52. The Kier molecular flexibility index (Phi) is 6.88. The van der Waals surface area contributed by atoms with Gasteiger partial charge >= 0.3 is 0 Å². The SMILES string of the molecule is CS(=O)(=O)Nc1ncc(Cn2ncc3ccc(-c4cc(Cl)c(OCCCl)c(C#N)c4)cc32)cn1. The van der Waals surface area contributed by atoms with E-state index in [-0.39, 0.29) is 18.4 Å². The first-order valence-electron chi connectivity index (χ1n) is 9.94. The molecular weight excluding hydrogens is 499 g/mol. The molecule has 0 radical (unpaired) electrons. The van der Waals surface area contributed by atoms with Gasteiger partial charge in [-0.15, -0.1) is 11.6 Å². The van der Waals surface area contributed by atoms with Crippen molar-refractivity contribution in [2.45, 2.75) is 6.54 Å². The molecule has 2 aromatic carbocycles. The molecule has 0 spiro atoms. The maximum Gasteiger partial charge on any atom is 0.236 e. The molecule has 9 nitrogen and oxygen atoms in total. The monoisotopic (exact) mass is 516 g/mol. The van der Waals surface area contributed by atoms with Gasteiger partial charge in [0.1, 0.15) is 12.7 Å². The summed E-state index contributed by atoms with van der Waals surface area (Å²) in [6.45, 7) is 0.622. The number of hydrogen-bond acceptors (Lipinski definition) is 7. The van der Waals surface area contributed by atoms with E-state index >= 15 is 0 Å². The standard InChI is InChI=1S/C22H18Cl2N6O3S/c1-34(31,32)29-22-26-10-14(11-27-22)13-30-20-8-15(2-3-16(20)12-28-30)17-6-18(9-25)21(19(24)7-17)33-5-4-23/h2-3,6-8,10-12H,4-5,13H2,1H3,(H,26,27,29). The fourth-order valence-electron chi connectivity index (χ4n) is 3.33. The van der Waals surface area contributed by atoms with Gasteiger partial charge in [-0.2, -0.15) is 10.4 Å². The third-order valence-corrected chi connectivity index (χ3v) is 5.77. The largest absolute Gasteiger partial charge is 0.489 e. The zero-order chi connectivity index (χ0) is 24.3. The average molecular weight is 517 g/mol. The van der Waals surface area contributed by atoms with Crippen molar-refractivity contribution in [1.82, 2.24) is 19.7 Å². The Balaban J connectivity index is 1.64. The molecule has 0 aliphatic rings. The molecule has 2 aromatic heterocycles. The molecule has 0 amide bonds. The molecule has 174 valence electrons. The summed E-state index contributed by atoms with van der Waals surface area (Å²) < 4.78 is 32.2. The van der Waals surface area contributed by atoms with Crippen LogP contribution in [-0.4, -0.2) is 46.9 Å². The van der Waals surface area contributed by atoms with Crippen LogP contribution in [0, 0.1) is 11.3 Å². The van der Waals surface area contributed by atoms with E-state index in [1.54, 1.807) is 23.0 Å². The number of nitrogens with one attached hydrogen (secondary N) is 1. The van der Waals surface area contributed by atoms with Gasteiger partial charge in [0.2, 0.25) is 16.0 Å². The van der Waals surface area contributed by atoms with E-state index in [4.69, 9.17) is 27.9 Å². The van der Waals surface area contributed by atoms with Crippen LogP contribution in [0.5, 0.6) is 5.75 Å². The van der Waals surface area contributed by atoms with Crippen molar-refractivity contribution in [1.29, 1.82) is 5.26 Å². The summed E-state index contributed by atoms with van der Waals surface area (Å²) in [7, 11) is -3.45. The lowest BCUT2D eigenvalue weighted by Crippen LogP contribution is -2.12. The van der Waals surface area contributed by atoms with Crippen molar-refractivity contribution in [3.05, 3.63) is 65.1 Å². The van der Waals surface area contributed by atoms with Crippen LogP contribution in [-0.2, 0) is 16.6 Å². The quantitative estimate of drug-likeness (QED) is 0.350. The topological polar surface area (TPSA) is 123 Å². The van der Waals surface area contributed by atoms with E-state index in [2.05, 4.69) is 25.9 Å². The highest BCUT2D eigenvalue weighted by Gasteiger charge is 2.14. The minimum atomic E-state index is -3.45. The van der Waals surface area contributed by atoms with Gasteiger partial charge in [0.25, 0.3) is 0 Å². The average Bonchev–Trinajstić information content (AvgIpc) is 3.20. The Bertz CT molecular complexity index is 1500. The maximum absolute atomic E-state index is 11.3. The third-order valence-electron chi connectivity index (χ3n) is 4.78. The maximum atomic E-state index is 11.3. The van der Waals surface area contributed by atoms with Crippen LogP contribution in [0.4, 0.5) is 5.95 Å². The molecule has 2 heterocycles. The van der Waals surface area contributed by atoms with Crippen molar-refractivity contribution in [3.63, 3.8) is 0 Å². The van der Waals surface area contributed by atoms with Crippen LogP contribution in [0.25, 0.3) is 22.0 Å². The highest BCUT2D eigenvalue weighted by atomic mass is 35.5. The van der Waals surface area contributed by atoms with Crippen LogP contribution < -0.4 is 9.46 Å². The molecule has 0 fully saturated rings. The molecular formula is C22H18Cl2N6O3S. The normalized spacial score (nSPS) is 11.4. The van der Waals surface area contributed by atoms with Crippen LogP contribution >= 0.6 is 23.2 Å². The highest BCUT2D eigenvalue weighted by Crippen LogP contribution is 2.35. The first kappa shape index (κ1) is 23.8. The zero-order valence-electron chi connectivity index (χ0n) is 17.9. The molecule has 0 saturated heterocycles. The number of rotatable bonds is 8. The summed E-state index contributed by atoms with van der Waals surface area (Å²) >= 11 is 12.1. The van der Waals surface area contributed by atoms with Crippen molar-refractivity contribution in [3.8, 4) is 22.9 Å². The van der Waals surface area contributed by atoms with Gasteiger partial charge < -0.3 is 4.74 Å². The first-order chi connectivity index (χ1) is 16.3. The molecule has 4 aromatic rings. The van der Waals surface area contributed by atoms with E-state index in [0.717, 1.165) is 33.8 Å². The van der Waals surface area contributed by atoms with E-state index in [9.17, 15) is 13.7 Å². The van der Waals surface area contributed by atoms with Crippen LogP contribution in [0.2, 0.25) is 5.02 Å². The minimum absolute atomic E-state index is 0.00232. The Morgan fingerprint density at radius 3 is 2.59 bits per heavy atom. The van der Waals surface area contributed by atoms with E-state index in [0.29, 0.717) is 22.9 Å². The summed E-state index contributed by atoms with van der Waals surface area (Å²) in [6, 6.07) is 11.4. The summed E-state index contributed by atoms with van der Waals surface area (Å²) in [4.78, 5) is 8.08. The van der Waals surface area contributed by atoms with Crippen molar-refractivity contribution < 1.29 is 13.2 Å². The fraction of sp³-hybridized carbons (Fsp3) is 0.182. The van der Waals surface area contributed by atoms with Crippen LogP contribution in [0.15, 0.2) is 48.9 Å².